The number of sulfonamides is 1. The van der Waals surface area contributed by atoms with Crippen LogP contribution in [0.4, 0.5) is 5.82 Å². The van der Waals surface area contributed by atoms with Crippen LogP contribution in [-0.4, -0.2) is 18.4 Å². The molecule has 5 nitrogen and oxygen atoms in total. The Hall–Kier alpha value is -1.22. The maximum Gasteiger partial charge on any atom is 0.264 e. The van der Waals surface area contributed by atoms with Crippen molar-refractivity contribution >= 4 is 60.6 Å². The second-order valence-electron chi connectivity index (χ2n) is 3.98. The fourth-order valence-corrected chi connectivity index (χ4v) is 3.39. The molecule has 0 aliphatic rings. The predicted molar refractivity (Wildman–Crippen MR) is 90.1 cm³/mol. The van der Waals surface area contributed by atoms with Gasteiger partial charge in [-0.25, -0.2) is 13.4 Å². The van der Waals surface area contributed by atoms with Crippen molar-refractivity contribution in [2.75, 3.05) is 4.72 Å². The SMILES string of the molecule is NC(=S)c1ccc(Cl)c(S(=O)(=O)Nc2ccc(Br)cn2)c1. The molecule has 9 heteroatoms. The molecular formula is C12H9BrClN3O2S2. The lowest BCUT2D eigenvalue weighted by molar-refractivity contribution is 0.601. The van der Waals surface area contributed by atoms with E-state index in [1.165, 1.54) is 24.4 Å². The summed E-state index contributed by atoms with van der Waals surface area (Å²) in [5, 5.41) is 0.0691. The summed E-state index contributed by atoms with van der Waals surface area (Å²) >= 11 is 14.0. The number of nitrogens with zero attached hydrogens (tertiary/aromatic N) is 1. The first-order chi connectivity index (χ1) is 9.79. The van der Waals surface area contributed by atoms with E-state index in [1.807, 2.05) is 0 Å². The van der Waals surface area contributed by atoms with Gasteiger partial charge in [0.15, 0.2) is 0 Å². The summed E-state index contributed by atoms with van der Waals surface area (Å²) in [6, 6.07) is 7.50. The number of nitrogens with one attached hydrogen (secondary N) is 1. The molecule has 1 heterocycles. The maximum absolute atomic E-state index is 12.4. The van der Waals surface area contributed by atoms with E-state index < -0.39 is 10.0 Å². The van der Waals surface area contributed by atoms with E-state index in [-0.39, 0.29) is 20.7 Å². The highest BCUT2D eigenvalue weighted by Crippen LogP contribution is 2.25. The molecule has 3 N–H and O–H groups in total. The van der Waals surface area contributed by atoms with E-state index in [0.717, 1.165) is 4.47 Å². The third-order valence-electron chi connectivity index (χ3n) is 2.47. The van der Waals surface area contributed by atoms with Crippen molar-refractivity contribution in [1.29, 1.82) is 0 Å². The zero-order valence-electron chi connectivity index (χ0n) is 10.4. The van der Waals surface area contributed by atoms with Crippen molar-refractivity contribution in [3.8, 4) is 0 Å². The van der Waals surface area contributed by atoms with Crippen LogP contribution in [0.3, 0.4) is 0 Å². The molecule has 1 aromatic heterocycles. The molecule has 110 valence electrons. The number of aromatic nitrogens is 1. The van der Waals surface area contributed by atoms with Crippen LogP contribution in [0.25, 0.3) is 0 Å². The molecule has 0 saturated carbocycles. The second-order valence-corrected chi connectivity index (χ2v) is 7.39. The molecule has 21 heavy (non-hydrogen) atoms. The van der Waals surface area contributed by atoms with E-state index in [0.29, 0.717) is 5.56 Å². The number of rotatable bonds is 4. The molecule has 0 atom stereocenters. The molecule has 0 saturated heterocycles. The molecule has 0 aliphatic heterocycles. The Morgan fingerprint density at radius 2 is 2.05 bits per heavy atom. The molecule has 1 aromatic carbocycles. The van der Waals surface area contributed by atoms with Crippen molar-refractivity contribution in [2.45, 2.75) is 4.90 Å². The van der Waals surface area contributed by atoms with Crippen molar-refractivity contribution in [1.82, 2.24) is 4.98 Å². The van der Waals surface area contributed by atoms with Gasteiger partial charge in [0.05, 0.1) is 5.02 Å². The molecule has 0 spiro atoms. The average Bonchev–Trinajstić information content (AvgIpc) is 2.41. The first-order valence-electron chi connectivity index (χ1n) is 5.53. The van der Waals surface area contributed by atoms with Gasteiger partial charge < -0.3 is 5.73 Å². The van der Waals surface area contributed by atoms with E-state index in [1.54, 1.807) is 12.1 Å². The van der Waals surface area contributed by atoms with Gasteiger partial charge in [0.1, 0.15) is 15.7 Å². The van der Waals surface area contributed by atoms with Crippen LogP contribution in [0.15, 0.2) is 45.9 Å². The van der Waals surface area contributed by atoms with Crippen LogP contribution in [0.2, 0.25) is 5.02 Å². The van der Waals surface area contributed by atoms with Crippen molar-refractivity contribution in [3.63, 3.8) is 0 Å². The summed E-state index contributed by atoms with van der Waals surface area (Å²) in [5.41, 5.74) is 5.92. The van der Waals surface area contributed by atoms with Crippen LogP contribution < -0.4 is 10.5 Å². The molecule has 0 bridgehead atoms. The predicted octanol–water partition coefficient (Wildman–Crippen LogP) is 2.93. The summed E-state index contributed by atoms with van der Waals surface area (Å²) in [6.07, 6.45) is 1.48. The Balaban J connectivity index is 2.41. The lowest BCUT2D eigenvalue weighted by atomic mass is 10.2. The Kier molecular flexibility index (Phi) is 4.82. The first kappa shape index (κ1) is 16.2. The normalized spacial score (nSPS) is 11.1. The topological polar surface area (TPSA) is 85.1 Å². The summed E-state index contributed by atoms with van der Waals surface area (Å²) in [4.78, 5) is 3.92. The fourth-order valence-electron chi connectivity index (χ4n) is 1.49. The van der Waals surface area contributed by atoms with Gasteiger partial charge >= 0.3 is 0 Å². The molecule has 2 rings (SSSR count). The Morgan fingerprint density at radius 1 is 1.33 bits per heavy atom. The number of thiocarbonyl (C=S) groups is 1. The number of nitrogens with two attached hydrogens (primary N) is 1. The monoisotopic (exact) mass is 405 g/mol. The molecule has 0 unspecified atom stereocenters. The molecule has 2 aromatic rings. The smallest absolute Gasteiger partial charge is 0.264 e. The minimum absolute atomic E-state index is 0.0691. The van der Waals surface area contributed by atoms with Gasteiger partial charge in [0, 0.05) is 16.2 Å². The van der Waals surface area contributed by atoms with Gasteiger partial charge in [-0.05, 0) is 40.2 Å². The van der Waals surface area contributed by atoms with Gasteiger partial charge in [-0.2, -0.15) is 0 Å². The number of halogens is 2. The van der Waals surface area contributed by atoms with Gasteiger partial charge in [-0.1, -0.05) is 29.9 Å². The average molecular weight is 407 g/mol. The van der Waals surface area contributed by atoms with Gasteiger partial charge in [-0.15, -0.1) is 0 Å². The third kappa shape index (κ3) is 3.91. The minimum atomic E-state index is -3.89. The van der Waals surface area contributed by atoms with Crippen molar-refractivity contribution < 1.29 is 8.42 Å². The number of pyridine rings is 1. The summed E-state index contributed by atoms with van der Waals surface area (Å²) in [7, 11) is -3.89. The largest absolute Gasteiger partial charge is 0.389 e. The molecule has 0 fully saturated rings. The molecule has 0 amide bonds. The Labute approximate surface area is 140 Å². The van der Waals surface area contributed by atoms with E-state index in [4.69, 9.17) is 29.6 Å². The van der Waals surface area contributed by atoms with Crippen LogP contribution in [0.1, 0.15) is 5.56 Å². The fraction of sp³-hybridized carbons (Fsp3) is 0. The molecular weight excluding hydrogens is 398 g/mol. The highest BCUT2D eigenvalue weighted by atomic mass is 79.9. The summed E-state index contributed by atoms with van der Waals surface area (Å²) in [6.45, 7) is 0. The highest BCUT2D eigenvalue weighted by Gasteiger charge is 2.19. The third-order valence-corrected chi connectivity index (χ3v) is 5.01. The first-order valence-corrected chi connectivity index (χ1v) is 8.59. The van der Waals surface area contributed by atoms with Crippen LogP contribution in [-0.2, 0) is 10.0 Å². The Morgan fingerprint density at radius 3 is 2.62 bits per heavy atom. The molecule has 0 aliphatic carbocycles. The maximum atomic E-state index is 12.4. The van der Waals surface area contributed by atoms with E-state index in [2.05, 4.69) is 25.6 Å². The van der Waals surface area contributed by atoms with Gasteiger partial charge in [0.25, 0.3) is 10.0 Å². The van der Waals surface area contributed by atoms with E-state index in [9.17, 15) is 8.42 Å². The van der Waals surface area contributed by atoms with Gasteiger partial charge in [-0.3, -0.25) is 4.72 Å². The quantitative estimate of drug-likeness (QED) is 0.763. The van der Waals surface area contributed by atoms with Crippen molar-refractivity contribution in [2.24, 2.45) is 5.73 Å². The second kappa shape index (κ2) is 6.27. The summed E-state index contributed by atoms with van der Waals surface area (Å²) in [5.74, 6) is 0.176. The standard InChI is InChI=1S/C12H9BrClN3O2S2/c13-8-2-4-11(16-6-8)17-21(18,19)10-5-7(12(15)20)1-3-9(10)14/h1-6H,(H2,15,20)(H,16,17). The Bertz CT molecular complexity index is 795. The number of hydrogen-bond donors (Lipinski definition) is 2. The van der Waals surface area contributed by atoms with Gasteiger partial charge in [0.2, 0.25) is 0 Å². The van der Waals surface area contributed by atoms with Crippen LogP contribution in [0.5, 0.6) is 0 Å². The molecule has 0 radical (unpaired) electrons. The highest BCUT2D eigenvalue weighted by molar-refractivity contribution is 9.10. The van der Waals surface area contributed by atoms with E-state index >= 15 is 0 Å². The number of anilines is 1. The van der Waals surface area contributed by atoms with Crippen LogP contribution in [0, 0.1) is 0 Å². The zero-order chi connectivity index (χ0) is 15.6. The van der Waals surface area contributed by atoms with Crippen LogP contribution >= 0.6 is 39.7 Å². The zero-order valence-corrected chi connectivity index (χ0v) is 14.4. The number of hydrogen-bond acceptors (Lipinski definition) is 4. The lowest BCUT2D eigenvalue weighted by Crippen LogP contribution is -2.16. The minimum Gasteiger partial charge on any atom is -0.389 e. The number of benzene rings is 1. The summed E-state index contributed by atoms with van der Waals surface area (Å²) < 4.78 is 27.8. The lowest BCUT2D eigenvalue weighted by Gasteiger charge is -2.10. The van der Waals surface area contributed by atoms with Crippen molar-refractivity contribution in [3.05, 3.63) is 51.6 Å².